The van der Waals surface area contributed by atoms with Crippen molar-refractivity contribution >= 4 is 124 Å². The van der Waals surface area contributed by atoms with Crippen molar-refractivity contribution in [2.75, 3.05) is 6.54 Å². The second-order valence-corrected chi connectivity index (χ2v) is 32.2. The first kappa shape index (κ1) is 109. The Morgan fingerprint density at radius 3 is 0.898 bits per heavy atom. The number of aliphatic carboxylic acids is 4. The van der Waals surface area contributed by atoms with E-state index in [0.717, 1.165) is 13.8 Å². The summed E-state index contributed by atoms with van der Waals surface area (Å²) >= 11 is 0. The minimum Gasteiger partial charge on any atom is -0.481 e. The first-order valence-electron chi connectivity index (χ1n) is 41.6. The summed E-state index contributed by atoms with van der Waals surface area (Å²) in [5.41, 5.74) is 18.5. The molecule has 0 aliphatic carbocycles. The van der Waals surface area contributed by atoms with E-state index in [1.165, 1.54) is 13.8 Å². The maximum atomic E-state index is 14.5. The number of aliphatic hydroxyl groups is 1. The largest absolute Gasteiger partial charge is 0.481 e. The molecule has 0 heterocycles. The predicted octanol–water partition coefficient (Wildman–Crippen LogP) is -4.66. The molecule has 0 bridgehead atoms. The number of aliphatic hydroxyl groups excluding tert-OH is 1. The second-order valence-electron chi connectivity index (χ2n) is 32.2. The molecular formula is C84H122N18O26. The summed E-state index contributed by atoms with van der Waals surface area (Å²) in [6.45, 7) is 13.5. The maximum Gasteiger partial charge on any atom is 0.326 e. The van der Waals surface area contributed by atoms with Crippen LogP contribution in [0.1, 0.15) is 163 Å². The number of nitrogens with two attached hydrogens (primary N) is 3. The van der Waals surface area contributed by atoms with E-state index in [-0.39, 0.29) is 44.4 Å². The lowest BCUT2D eigenvalue weighted by Crippen LogP contribution is -2.61. The summed E-state index contributed by atoms with van der Waals surface area (Å²) in [4.78, 5) is 282. The third-order valence-corrected chi connectivity index (χ3v) is 19.4. The molecule has 704 valence electrons. The average Bonchev–Trinajstić information content (AvgIpc) is 0.855. The first-order chi connectivity index (χ1) is 60.0. The predicted molar refractivity (Wildman–Crippen MR) is 456 cm³/mol. The van der Waals surface area contributed by atoms with Crippen molar-refractivity contribution in [1.29, 1.82) is 0 Å². The normalized spacial score (nSPS) is 14.8. The zero-order valence-electron chi connectivity index (χ0n) is 73.0. The Morgan fingerprint density at radius 1 is 0.297 bits per heavy atom. The molecule has 0 aliphatic rings. The highest BCUT2D eigenvalue weighted by Gasteiger charge is 2.39. The molecule has 0 unspecified atom stereocenters. The number of rotatable bonds is 58. The summed E-state index contributed by atoms with van der Waals surface area (Å²) in [6, 6.07) is 0.922. The maximum absolute atomic E-state index is 14.5. The Bertz CT molecular complexity index is 4350. The van der Waals surface area contributed by atoms with Crippen molar-refractivity contribution in [1.82, 2.24) is 79.8 Å². The highest BCUT2D eigenvalue weighted by molar-refractivity contribution is 6.01. The van der Waals surface area contributed by atoms with E-state index in [2.05, 4.69) is 79.8 Å². The molecule has 0 saturated carbocycles. The SMILES string of the molecule is CC(C)C[C@H](NC(=O)[C@H](Cc1ccccc1)NC(=O)[C@H](CCC(=O)O)NC(=O)CNC(=O)[C@@H](NC(=O)[C@H](CCC(=O)O)NC(=O)[C@H](C)NC(=O)[C@H](CC(=O)O)NC(=O)[C@H](CC(C)C)NC(=O)[C@H](CCC(N)=O)NC(=O)[C@H](CC(C)C)NC(=O)[C@H](CCC(N)=O)NC(=O)[C@H](C)NC(=O)[C@H](Cc1ccccc1)NC(=O)[C@H](Cc1ccccc1)NC(=O)[C@H](C)N)[C@@H](C)O)C(=O)O. The third kappa shape index (κ3) is 41.5. The van der Waals surface area contributed by atoms with Gasteiger partial charge in [0.2, 0.25) is 100 Å². The molecule has 128 heavy (non-hydrogen) atoms. The lowest BCUT2D eigenvalue weighted by molar-refractivity contribution is -0.143. The average molecular weight is 1800 g/mol. The number of carbonyl (C=O) groups excluding carboxylic acids is 17. The van der Waals surface area contributed by atoms with Gasteiger partial charge in [0, 0.05) is 44.9 Å². The number of nitrogens with one attached hydrogen (secondary N) is 15. The highest BCUT2D eigenvalue weighted by Crippen LogP contribution is 2.16. The Hall–Kier alpha value is -13.6. The van der Waals surface area contributed by atoms with Crippen LogP contribution in [0.3, 0.4) is 0 Å². The van der Waals surface area contributed by atoms with Gasteiger partial charge in [-0.1, -0.05) is 133 Å². The molecule has 0 radical (unpaired) electrons. The lowest BCUT2D eigenvalue weighted by atomic mass is 10.00. The smallest absolute Gasteiger partial charge is 0.326 e. The summed E-state index contributed by atoms with van der Waals surface area (Å²) in [5.74, 6) is -25.5. The molecule has 3 rings (SSSR count). The number of hydrogen-bond donors (Lipinski definition) is 23. The third-order valence-electron chi connectivity index (χ3n) is 19.4. The van der Waals surface area contributed by atoms with Gasteiger partial charge >= 0.3 is 23.9 Å². The van der Waals surface area contributed by atoms with Crippen molar-refractivity contribution in [3.05, 3.63) is 108 Å². The van der Waals surface area contributed by atoms with Crippen molar-refractivity contribution in [3.63, 3.8) is 0 Å². The number of carboxylic acids is 4. The summed E-state index contributed by atoms with van der Waals surface area (Å²) < 4.78 is 0. The van der Waals surface area contributed by atoms with Crippen LogP contribution in [-0.4, -0.2) is 253 Å². The van der Waals surface area contributed by atoms with E-state index in [0.29, 0.717) is 16.7 Å². The van der Waals surface area contributed by atoms with Gasteiger partial charge in [0.25, 0.3) is 0 Å². The zero-order chi connectivity index (χ0) is 96.4. The van der Waals surface area contributed by atoms with Crippen LogP contribution in [0.5, 0.6) is 0 Å². The molecule has 16 atom stereocenters. The van der Waals surface area contributed by atoms with E-state index in [1.54, 1.807) is 133 Å². The molecule has 44 heteroatoms. The van der Waals surface area contributed by atoms with Crippen LogP contribution in [0, 0.1) is 17.8 Å². The molecular weight excluding hydrogens is 1680 g/mol. The number of hydrogen-bond acceptors (Lipinski definition) is 23. The molecule has 3 aromatic carbocycles. The Kier molecular flexibility index (Phi) is 46.7. The van der Waals surface area contributed by atoms with Crippen molar-refractivity contribution in [2.45, 2.75) is 262 Å². The molecule has 44 nitrogen and oxygen atoms in total. The number of benzene rings is 3. The number of carboxylic acid groups (broad SMARTS) is 4. The summed E-state index contributed by atoms with van der Waals surface area (Å²) in [5, 5.41) is 85.3. The van der Waals surface area contributed by atoms with Crippen LogP contribution < -0.4 is 97.0 Å². The lowest BCUT2D eigenvalue weighted by Gasteiger charge is -2.28. The van der Waals surface area contributed by atoms with E-state index in [9.17, 15) is 126 Å². The molecule has 0 spiro atoms. The van der Waals surface area contributed by atoms with Gasteiger partial charge < -0.3 is 122 Å². The van der Waals surface area contributed by atoms with Gasteiger partial charge in [0.15, 0.2) is 0 Å². The number of amides is 17. The van der Waals surface area contributed by atoms with Gasteiger partial charge in [0.05, 0.1) is 25.1 Å². The van der Waals surface area contributed by atoms with Crippen LogP contribution in [0.15, 0.2) is 91.0 Å². The molecule has 0 aromatic heterocycles. The van der Waals surface area contributed by atoms with Gasteiger partial charge in [-0.25, -0.2) is 4.79 Å². The van der Waals surface area contributed by atoms with Crippen molar-refractivity contribution in [2.24, 2.45) is 35.0 Å². The Balaban J connectivity index is 1.84. The highest BCUT2D eigenvalue weighted by atomic mass is 16.4. The van der Waals surface area contributed by atoms with Crippen molar-refractivity contribution < 1.29 is 126 Å². The molecule has 0 aliphatic heterocycles. The van der Waals surface area contributed by atoms with E-state index in [1.807, 2.05) is 0 Å². The standard InChI is InChI=1S/C84H122N18O26/c1-42(2)34-56(96-74(117)53(26-30-63(86)104)92-71(114)46(8)89-77(120)58(37-49-20-14-11-15-21-49)99-81(124)59(95-70(113)45(7)85)38-50-22-16-12-17-23-50)79(122)94-54(27-31-64(87)105)75(118)97-57(35-43(3)4)80(123)100-61(40-68(111)112)78(121)90-47(9)72(115)93-55(29-33-67(109)110)76(119)102-69(48(10)103)83(126)88-41-65(106)91-52(28-32-66(107)108)73(116)98-60(39-51-24-18-13-19-25-51)82(125)101-62(84(127)128)36-44(5)6/h11-25,42-48,52-62,69,103H,26-41,85H2,1-10H3,(H2,86,104)(H2,87,105)(H,88,126)(H,89,120)(H,90,121)(H,91,106)(H,92,114)(H,93,115)(H,94,122)(H,95,113)(H,96,117)(H,97,118)(H,98,116)(H,99,124)(H,100,123)(H,101,125)(H,102,119)(H,107,108)(H,109,110)(H,111,112)(H,127,128)/t45-,46-,47-,48+,52-,53-,54-,55-,56-,57-,58-,59-,60-,61-,62-,69-/m0/s1. The Labute approximate surface area is 738 Å². The fourth-order valence-corrected chi connectivity index (χ4v) is 12.6. The number of carbonyl (C=O) groups is 21. The van der Waals surface area contributed by atoms with Gasteiger partial charge in [-0.3, -0.25) is 95.9 Å². The fourth-order valence-electron chi connectivity index (χ4n) is 12.6. The Morgan fingerprint density at radius 2 is 0.570 bits per heavy atom. The van der Waals surface area contributed by atoms with E-state index in [4.69, 9.17) is 17.2 Å². The monoisotopic (exact) mass is 1800 g/mol. The van der Waals surface area contributed by atoms with Crippen LogP contribution in [0.4, 0.5) is 0 Å². The van der Waals surface area contributed by atoms with E-state index >= 15 is 0 Å². The zero-order valence-corrected chi connectivity index (χ0v) is 73.0. The van der Waals surface area contributed by atoms with Crippen molar-refractivity contribution in [3.8, 4) is 0 Å². The second kappa shape index (κ2) is 55.0. The van der Waals surface area contributed by atoms with Crippen LogP contribution >= 0.6 is 0 Å². The molecule has 26 N–H and O–H groups in total. The first-order valence-corrected chi connectivity index (χ1v) is 41.6. The minimum absolute atomic E-state index is 0.00300. The molecule has 0 saturated heterocycles. The van der Waals surface area contributed by atoms with Gasteiger partial charge in [0.1, 0.15) is 84.6 Å². The van der Waals surface area contributed by atoms with Gasteiger partial charge in [-0.2, -0.15) is 0 Å². The van der Waals surface area contributed by atoms with Crippen LogP contribution in [0.2, 0.25) is 0 Å². The van der Waals surface area contributed by atoms with Crippen LogP contribution in [-0.2, 0) is 120 Å². The topological polar surface area (TPSA) is 718 Å². The quantitative estimate of drug-likeness (QED) is 0.0253. The summed E-state index contributed by atoms with van der Waals surface area (Å²) in [6.07, 6.45) is -8.90. The van der Waals surface area contributed by atoms with Gasteiger partial charge in [-0.15, -0.1) is 0 Å². The molecule has 0 fully saturated rings. The molecule has 17 amide bonds. The fraction of sp³-hybridized carbons (Fsp3) is 0.536. The van der Waals surface area contributed by atoms with Gasteiger partial charge in [-0.05, 0) is 107 Å². The molecule has 3 aromatic rings. The van der Waals surface area contributed by atoms with E-state index < -0.39 is 297 Å². The van der Waals surface area contributed by atoms with Crippen LogP contribution in [0.25, 0.3) is 0 Å². The minimum atomic E-state index is -2.09. The summed E-state index contributed by atoms with van der Waals surface area (Å²) in [7, 11) is 0. The number of primary amides is 2.